The Kier molecular flexibility index (Phi) is 33.8. The quantitative estimate of drug-likeness (QED) is 0.0557. The molecule has 0 bridgehead atoms. The van der Waals surface area contributed by atoms with Gasteiger partial charge in [-0.25, -0.2) is 0 Å². The summed E-state index contributed by atoms with van der Waals surface area (Å²) >= 11 is 0. The Bertz CT molecular complexity index is 1350. The topological polar surface area (TPSA) is 200 Å². The number of nitrogens with two attached hydrogens (primary N) is 1. The van der Waals surface area contributed by atoms with Gasteiger partial charge in [-0.3, -0.25) is 28.8 Å². The Balaban J connectivity index is -0.000000337. The van der Waals surface area contributed by atoms with Gasteiger partial charge < -0.3 is 35.7 Å². The van der Waals surface area contributed by atoms with Crippen LogP contribution in [0.3, 0.4) is 0 Å². The third kappa shape index (κ3) is 29.0. The zero-order valence-corrected chi connectivity index (χ0v) is 40.5. The van der Waals surface area contributed by atoms with E-state index < -0.39 is 16.8 Å². The van der Waals surface area contributed by atoms with Crippen LogP contribution in [0.25, 0.3) is 6.08 Å². The fourth-order valence-electron chi connectivity index (χ4n) is 3.06. The maximum atomic E-state index is 11.8. The number of methoxy groups -OCH3 is 1. The van der Waals surface area contributed by atoms with Crippen LogP contribution in [0.1, 0.15) is 160 Å². The number of primary amides is 1. The van der Waals surface area contributed by atoms with E-state index in [1.807, 2.05) is 121 Å². The van der Waals surface area contributed by atoms with Crippen LogP contribution < -0.4 is 16.4 Å². The first-order valence-corrected chi connectivity index (χ1v) is 21.2. The maximum Gasteiger partial charge on any atom is 0.311 e. The summed E-state index contributed by atoms with van der Waals surface area (Å²) in [6.07, 6.45) is 6.47. The first-order chi connectivity index (χ1) is 27.6. The maximum absolute atomic E-state index is 11.8. The molecule has 0 aliphatic carbocycles. The molecule has 0 aliphatic rings. The molecule has 1 rings (SSSR count). The minimum absolute atomic E-state index is 0.00509. The third-order valence-electron chi connectivity index (χ3n) is 10.6. The number of hydrogen-bond donors (Lipinski definition) is 4. The van der Waals surface area contributed by atoms with Gasteiger partial charge >= 0.3 is 17.9 Å². The highest BCUT2D eigenvalue weighted by Gasteiger charge is 2.28. The number of rotatable bonds is 20. The van der Waals surface area contributed by atoms with Crippen molar-refractivity contribution in [1.29, 1.82) is 0 Å². The fraction of sp³-hybridized carbons (Fsp3) is 0.702. The lowest BCUT2D eigenvalue weighted by Crippen LogP contribution is -2.41. The van der Waals surface area contributed by atoms with E-state index in [1.165, 1.54) is 0 Å². The Labute approximate surface area is 363 Å². The highest BCUT2D eigenvalue weighted by Crippen LogP contribution is 2.23. The summed E-state index contributed by atoms with van der Waals surface area (Å²) in [7, 11) is 1.58. The van der Waals surface area contributed by atoms with Gasteiger partial charge in [0.1, 0.15) is 13.2 Å². The van der Waals surface area contributed by atoms with Gasteiger partial charge in [-0.05, 0) is 91.2 Å². The lowest BCUT2D eigenvalue weighted by atomic mass is 9.90. The average molecular weight is 852 g/mol. The van der Waals surface area contributed by atoms with Crippen molar-refractivity contribution >= 4 is 41.7 Å². The molecule has 0 aromatic heterocycles. The zero-order valence-electron chi connectivity index (χ0n) is 40.5. The van der Waals surface area contributed by atoms with Crippen molar-refractivity contribution in [2.75, 3.05) is 27.0 Å². The second kappa shape index (κ2) is 32.5. The molecule has 2 atom stereocenters. The van der Waals surface area contributed by atoms with Gasteiger partial charge in [-0.15, -0.1) is 0 Å². The summed E-state index contributed by atoms with van der Waals surface area (Å²) < 4.78 is 15.0. The van der Waals surface area contributed by atoms with E-state index >= 15 is 0 Å². The van der Waals surface area contributed by atoms with Crippen molar-refractivity contribution in [3.05, 3.63) is 42.0 Å². The Hall–Kier alpha value is -4.26. The predicted molar refractivity (Wildman–Crippen MR) is 242 cm³/mol. The predicted octanol–water partition coefficient (Wildman–Crippen LogP) is 9.10. The van der Waals surface area contributed by atoms with Gasteiger partial charge in [0, 0.05) is 24.4 Å². The molecule has 3 amide bonds. The van der Waals surface area contributed by atoms with Crippen molar-refractivity contribution in [3.8, 4) is 0 Å². The molecule has 5 N–H and O–H groups in total. The molecule has 0 spiro atoms. The van der Waals surface area contributed by atoms with Gasteiger partial charge in [-0.1, -0.05) is 106 Å². The summed E-state index contributed by atoms with van der Waals surface area (Å²) in [5, 5.41) is 13.8. The van der Waals surface area contributed by atoms with E-state index in [-0.39, 0.29) is 59.0 Å². The molecule has 13 nitrogen and oxygen atoms in total. The summed E-state index contributed by atoms with van der Waals surface area (Å²) in [5.74, 6) is -1.25. The van der Waals surface area contributed by atoms with Gasteiger partial charge in [0.05, 0.1) is 29.5 Å². The Morgan fingerprint density at radius 1 is 0.667 bits per heavy atom. The number of hydrogen-bond acceptors (Lipinski definition) is 9. The van der Waals surface area contributed by atoms with Crippen LogP contribution in [0.2, 0.25) is 0 Å². The normalized spacial score (nSPS) is 11.9. The minimum atomic E-state index is -0.722. The molecule has 0 aliphatic heterocycles. The Morgan fingerprint density at radius 2 is 1.05 bits per heavy atom. The lowest BCUT2D eigenvalue weighted by molar-refractivity contribution is -0.156. The molecular weight excluding hydrogens is 767 g/mol. The molecule has 1 aromatic rings. The summed E-state index contributed by atoms with van der Waals surface area (Å²) in [4.78, 5) is 66.4. The molecule has 0 saturated carbocycles. The van der Waals surface area contributed by atoms with Crippen LogP contribution in [0.4, 0.5) is 0 Å². The SMILES string of the molecule is C=Cc1ccc(COC(=O)C(C)(C)CC)cc1.CCC(C)(C)C(=O)O.CCC(C)(C)C(=O)OCCOC.CCC(C)(C)C(N)=O.CCC(C)C(=O)NCNC(=O)C(C)CC. The molecular formula is C47H85N3O10. The average Bonchev–Trinajstić information content (AvgIpc) is 3.22. The van der Waals surface area contributed by atoms with Crippen LogP contribution in [0.5, 0.6) is 0 Å². The molecule has 0 fully saturated rings. The number of amides is 3. The molecule has 0 radical (unpaired) electrons. The molecule has 1 aromatic carbocycles. The van der Waals surface area contributed by atoms with Crippen molar-refractivity contribution < 1.29 is 48.1 Å². The van der Waals surface area contributed by atoms with Crippen molar-refractivity contribution in [2.24, 2.45) is 39.2 Å². The minimum Gasteiger partial charge on any atom is -0.481 e. The van der Waals surface area contributed by atoms with Gasteiger partial charge in [-0.2, -0.15) is 0 Å². The van der Waals surface area contributed by atoms with Crippen LogP contribution in [0, 0.1) is 33.5 Å². The number of carbonyl (C=O) groups is 6. The van der Waals surface area contributed by atoms with E-state index in [9.17, 15) is 28.8 Å². The number of carboxylic acids is 1. The third-order valence-corrected chi connectivity index (χ3v) is 10.6. The highest BCUT2D eigenvalue weighted by atomic mass is 16.6. The number of benzene rings is 1. The van der Waals surface area contributed by atoms with Crippen LogP contribution in [-0.2, 0) is 49.6 Å². The van der Waals surface area contributed by atoms with Crippen LogP contribution in [-0.4, -0.2) is 67.7 Å². The fourth-order valence-corrected chi connectivity index (χ4v) is 3.06. The highest BCUT2D eigenvalue weighted by molar-refractivity contribution is 5.81. The first-order valence-electron chi connectivity index (χ1n) is 21.2. The standard InChI is InChI=1S/C15H20O2.C11H22N2O2.C9H18O3.C6H13NO.C6H12O2/c1-5-12-7-9-13(10-8-12)11-17-14(16)15(3,4)6-2;1-5-8(3)10(14)12-7-13-11(15)9(4)6-2;1-5-9(2,3)8(10)12-7-6-11-4;2*1-4-6(2,3)5(7)8/h5,7-10H,1,6,11H2,2-4H3;8-9H,5-7H2,1-4H3,(H,12,14)(H,13,15);5-7H2,1-4H3;4H2,1-3H3,(H2,7,8);4H2,1-3H3,(H,7,8). The smallest absolute Gasteiger partial charge is 0.311 e. The first kappa shape index (κ1) is 62.4. The molecule has 60 heavy (non-hydrogen) atoms. The number of aliphatic carboxylic acids is 1. The number of carbonyl (C=O) groups excluding carboxylic acids is 5. The Morgan fingerprint density at radius 3 is 1.32 bits per heavy atom. The molecule has 0 heterocycles. The number of nitrogens with one attached hydrogen (secondary N) is 2. The van der Waals surface area contributed by atoms with E-state index in [2.05, 4.69) is 17.2 Å². The van der Waals surface area contributed by atoms with Gasteiger partial charge in [0.2, 0.25) is 17.7 Å². The largest absolute Gasteiger partial charge is 0.481 e. The summed E-state index contributed by atoms with van der Waals surface area (Å²) in [6, 6.07) is 7.81. The van der Waals surface area contributed by atoms with Crippen LogP contribution in [0.15, 0.2) is 30.8 Å². The van der Waals surface area contributed by atoms with Crippen molar-refractivity contribution in [2.45, 2.75) is 156 Å². The molecule has 2 unspecified atom stereocenters. The lowest BCUT2D eigenvalue weighted by Gasteiger charge is -2.20. The van der Waals surface area contributed by atoms with Crippen molar-refractivity contribution in [1.82, 2.24) is 10.6 Å². The van der Waals surface area contributed by atoms with E-state index in [0.29, 0.717) is 26.2 Å². The summed E-state index contributed by atoms with van der Waals surface area (Å²) in [5.41, 5.74) is 5.47. The van der Waals surface area contributed by atoms with Gasteiger partial charge in [0.15, 0.2) is 0 Å². The number of ether oxygens (including phenoxy) is 3. The zero-order chi connectivity index (χ0) is 47.9. The molecule has 348 valence electrons. The van der Waals surface area contributed by atoms with Crippen LogP contribution >= 0.6 is 0 Å². The number of carboxylic acid groups (broad SMARTS) is 1. The second-order valence-corrected chi connectivity index (χ2v) is 17.1. The monoisotopic (exact) mass is 852 g/mol. The van der Waals surface area contributed by atoms with E-state index in [1.54, 1.807) is 27.0 Å². The summed E-state index contributed by atoms with van der Waals surface area (Å²) in [6.45, 7) is 35.2. The van der Waals surface area contributed by atoms with E-state index in [4.69, 9.17) is 25.1 Å². The molecule has 0 saturated heterocycles. The number of esters is 2. The van der Waals surface area contributed by atoms with Crippen molar-refractivity contribution in [3.63, 3.8) is 0 Å². The van der Waals surface area contributed by atoms with Gasteiger partial charge in [0.25, 0.3) is 0 Å². The second-order valence-electron chi connectivity index (χ2n) is 17.1. The van der Waals surface area contributed by atoms with E-state index in [0.717, 1.165) is 43.2 Å². The molecule has 13 heteroatoms.